The highest BCUT2D eigenvalue weighted by Gasteiger charge is 2.18. The molecule has 3 N–H and O–H groups in total. The smallest absolute Gasteiger partial charge is 0.276 e. The monoisotopic (exact) mass is 384 g/mol. The molecule has 0 aliphatic carbocycles. The number of primary amides is 1. The van der Waals surface area contributed by atoms with Crippen LogP contribution in [0.5, 0.6) is 11.5 Å². The quantitative estimate of drug-likeness (QED) is 0.678. The zero-order valence-electron chi connectivity index (χ0n) is 15.1. The van der Waals surface area contributed by atoms with Gasteiger partial charge in [0.1, 0.15) is 5.82 Å². The molecule has 1 heterocycles. The van der Waals surface area contributed by atoms with Crippen LogP contribution in [0.1, 0.15) is 20.8 Å². The van der Waals surface area contributed by atoms with Crippen LogP contribution in [0.25, 0.3) is 5.69 Å². The summed E-state index contributed by atoms with van der Waals surface area (Å²) in [4.78, 5) is 24.3. The lowest BCUT2D eigenvalue weighted by molar-refractivity contribution is 0.100. The van der Waals surface area contributed by atoms with Gasteiger partial charge in [-0.25, -0.2) is 9.07 Å². The molecule has 2 amide bonds. The average molecular weight is 384 g/mol. The number of methoxy groups -OCH3 is 2. The van der Waals surface area contributed by atoms with Crippen LogP contribution in [0.15, 0.2) is 48.7 Å². The molecule has 0 fully saturated rings. The van der Waals surface area contributed by atoms with Crippen molar-refractivity contribution in [3.63, 3.8) is 0 Å². The highest BCUT2D eigenvalue weighted by atomic mass is 19.1. The maximum absolute atomic E-state index is 13.4. The van der Waals surface area contributed by atoms with Crippen LogP contribution in [0, 0.1) is 5.82 Å². The van der Waals surface area contributed by atoms with E-state index in [1.54, 1.807) is 6.07 Å². The number of ether oxygens (including phenoxy) is 2. The van der Waals surface area contributed by atoms with Crippen molar-refractivity contribution in [1.82, 2.24) is 9.78 Å². The minimum Gasteiger partial charge on any atom is -0.493 e. The van der Waals surface area contributed by atoms with E-state index >= 15 is 0 Å². The number of rotatable bonds is 6. The Hall–Kier alpha value is -3.88. The summed E-state index contributed by atoms with van der Waals surface area (Å²) in [6.45, 7) is 0. The summed E-state index contributed by atoms with van der Waals surface area (Å²) in [5.41, 5.74) is 6.12. The number of aromatic nitrogens is 2. The van der Waals surface area contributed by atoms with E-state index in [1.807, 2.05) is 0 Å². The van der Waals surface area contributed by atoms with E-state index in [1.165, 1.54) is 61.5 Å². The molecular weight excluding hydrogens is 367 g/mol. The lowest BCUT2D eigenvalue weighted by atomic mass is 10.1. The van der Waals surface area contributed by atoms with E-state index in [-0.39, 0.29) is 16.9 Å². The maximum Gasteiger partial charge on any atom is 0.276 e. The third kappa shape index (κ3) is 3.78. The van der Waals surface area contributed by atoms with Gasteiger partial charge in [-0.05, 0) is 30.3 Å². The number of halogens is 1. The number of nitrogens with one attached hydrogen (secondary N) is 1. The third-order valence-electron chi connectivity index (χ3n) is 3.93. The van der Waals surface area contributed by atoms with Gasteiger partial charge in [0.15, 0.2) is 17.2 Å². The molecular formula is C19H17FN4O4. The van der Waals surface area contributed by atoms with Crippen molar-refractivity contribution in [3.8, 4) is 17.2 Å². The van der Waals surface area contributed by atoms with Gasteiger partial charge in [0.25, 0.3) is 11.8 Å². The van der Waals surface area contributed by atoms with Crippen molar-refractivity contribution >= 4 is 17.5 Å². The first-order valence-corrected chi connectivity index (χ1v) is 8.11. The van der Waals surface area contributed by atoms with Crippen LogP contribution in [0.4, 0.5) is 10.1 Å². The molecule has 0 unspecified atom stereocenters. The molecule has 0 spiro atoms. The number of anilines is 1. The summed E-state index contributed by atoms with van der Waals surface area (Å²) >= 11 is 0. The predicted molar refractivity (Wildman–Crippen MR) is 99.5 cm³/mol. The summed E-state index contributed by atoms with van der Waals surface area (Å²) in [7, 11) is 2.84. The van der Waals surface area contributed by atoms with Gasteiger partial charge in [-0.15, -0.1) is 0 Å². The third-order valence-corrected chi connectivity index (χ3v) is 3.93. The normalized spacial score (nSPS) is 10.4. The Morgan fingerprint density at radius 2 is 1.82 bits per heavy atom. The molecule has 144 valence electrons. The van der Waals surface area contributed by atoms with Crippen molar-refractivity contribution in [2.75, 3.05) is 19.5 Å². The van der Waals surface area contributed by atoms with Crippen molar-refractivity contribution in [2.45, 2.75) is 0 Å². The van der Waals surface area contributed by atoms with Gasteiger partial charge in [0.2, 0.25) is 0 Å². The standard InChI is InChI=1S/C19H17FN4O4/c1-27-16-9-13(18(21)25)15(10-17(16)28-2)22-19(26)14-6-7-24(23-14)12-5-3-4-11(20)8-12/h3-10H,1-2H3,(H2,21,25)(H,22,26). The van der Waals surface area contributed by atoms with Crippen molar-refractivity contribution in [3.05, 3.63) is 65.7 Å². The average Bonchev–Trinajstić information content (AvgIpc) is 3.17. The summed E-state index contributed by atoms with van der Waals surface area (Å²) in [5, 5.41) is 6.72. The largest absolute Gasteiger partial charge is 0.493 e. The second-order valence-corrected chi connectivity index (χ2v) is 5.70. The Kier molecular flexibility index (Phi) is 5.25. The van der Waals surface area contributed by atoms with E-state index in [9.17, 15) is 14.0 Å². The Morgan fingerprint density at radius 1 is 1.11 bits per heavy atom. The first-order valence-electron chi connectivity index (χ1n) is 8.11. The fraction of sp³-hybridized carbons (Fsp3) is 0.105. The Labute approximate surface area is 159 Å². The number of hydrogen-bond acceptors (Lipinski definition) is 5. The van der Waals surface area contributed by atoms with Gasteiger partial charge >= 0.3 is 0 Å². The lowest BCUT2D eigenvalue weighted by Crippen LogP contribution is -2.19. The van der Waals surface area contributed by atoms with E-state index in [0.717, 1.165) is 0 Å². The SMILES string of the molecule is COc1cc(NC(=O)c2ccn(-c3cccc(F)c3)n2)c(C(N)=O)cc1OC. The maximum atomic E-state index is 13.4. The number of amides is 2. The topological polar surface area (TPSA) is 108 Å². The van der Waals surface area contributed by atoms with Gasteiger partial charge in [0, 0.05) is 12.3 Å². The van der Waals surface area contributed by atoms with E-state index in [0.29, 0.717) is 17.2 Å². The number of carbonyl (C=O) groups excluding carboxylic acids is 2. The van der Waals surface area contributed by atoms with Crippen LogP contribution in [-0.2, 0) is 0 Å². The van der Waals surface area contributed by atoms with Gasteiger partial charge in [-0.2, -0.15) is 5.10 Å². The van der Waals surface area contributed by atoms with Crippen molar-refractivity contribution in [2.24, 2.45) is 5.73 Å². The van der Waals surface area contributed by atoms with E-state index < -0.39 is 17.6 Å². The summed E-state index contributed by atoms with van der Waals surface area (Å²) < 4.78 is 25.1. The molecule has 3 rings (SSSR count). The predicted octanol–water partition coefficient (Wildman–Crippen LogP) is 2.38. The Bertz CT molecular complexity index is 1050. The minimum atomic E-state index is -0.749. The molecule has 0 saturated carbocycles. The molecule has 0 saturated heterocycles. The zero-order valence-corrected chi connectivity index (χ0v) is 15.1. The first-order chi connectivity index (χ1) is 13.4. The number of carbonyl (C=O) groups is 2. The molecule has 9 heteroatoms. The molecule has 2 aromatic carbocycles. The highest BCUT2D eigenvalue weighted by molar-refractivity contribution is 6.08. The molecule has 0 bridgehead atoms. The summed E-state index contributed by atoms with van der Waals surface area (Å²) in [6, 6.07) is 10.1. The molecule has 3 aromatic rings. The molecule has 8 nitrogen and oxygen atoms in total. The fourth-order valence-corrected chi connectivity index (χ4v) is 2.58. The van der Waals surface area contributed by atoms with Crippen LogP contribution >= 0.6 is 0 Å². The Morgan fingerprint density at radius 3 is 2.46 bits per heavy atom. The molecule has 0 aliphatic rings. The van der Waals surface area contributed by atoms with Gasteiger partial charge in [-0.3, -0.25) is 9.59 Å². The summed E-state index contributed by atoms with van der Waals surface area (Å²) in [5.74, 6) is -1.14. The van der Waals surface area contributed by atoms with Crippen LogP contribution in [-0.4, -0.2) is 35.8 Å². The van der Waals surface area contributed by atoms with Crippen LogP contribution in [0.2, 0.25) is 0 Å². The second kappa shape index (κ2) is 7.78. The van der Waals surface area contributed by atoms with Crippen molar-refractivity contribution in [1.29, 1.82) is 0 Å². The highest BCUT2D eigenvalue weighted by Crippen LogP contribution is 2.33. The minimum absolute atomic E-state index is 0.0514. The van der Waals surface area contributed by atoms with E-state index in [2.05, 4.69) is 10.4 Å². The molecule has 28 heavy (non-hydrogen) atoms. The molecule has 1 aromatic heterocycles. The summed E-state index contributed by atoms with van der Waals surface area (Å²) in [6.07, 6.45) is 1.52. The Balaban J connectivity index is 1.90. The van der Waals surface area contributed by atoms with Crippen LogP contribution in [0.3, 0.4) is 0 Å². The number of hydrogen-bond donors (Lipinski definition) is 2. The molecule has 0 atom stereocenters. The number of benzene rings is 2. The molecule has 0 aliphatic heterocycles. The number of nitrogens with zero attached hydrogens (tertiary/aromatic N) is 2. The first kappa shape index (κ1) is 18.9. The van der Waals surface area contributed by atoms with Crippen molar-refractivity contribution < 1.29 is 23.5 Å². The second-order valence-electron chi connectivity index (χ2n) is 5.70. The fourth-order valence-electron chi connectivity index (χ4n) is 2.58. The lowest BCUT2D eigenvalue weighted by Gasteiger charge is -2.13. The van der Waals surface area contributed by atoms with Gasteiger partial charge in [0.05, 0.1) is 31.2 Å². The molecule has 0 radical (unpaired) electrons. The van der Waals surface area contributed by atoms with E-state index in [4.69, 9.17) is 15.2 Å². The zero-order chi connectivity index (χ0) is 20.3. The van der Waals surface area contributed by atoms with Gasteiger partial charge < -0.3 is 20.5 Å². The number of nitrogens with two attached hydrogens (primary N) is 1. The van der Waals surface area contributed by atoms with Gasteiger partial charge in [-0.1, -0.05) is 6.07 Å². The van der Waals surface area contributed by atoms with Crippen LogP contribution < -0.4 is 20.5 Å².